The van der Waals surface area contributed by atoms with E-state index in [1.807, 2.05) is 0 Å². The Morgan fingerprint density at radius 3 is 2.47 bits per heavy atom. The summed E-state index contributed by atoms with van der Waals surface area (Å²) in [4.78, 5) is 22.7. The lowest BCUT2D eigenvalue weighted by Crippen LogP contribution is -2.37. The molecule has 3 amide bonds. The predicted octanol–water partition coefficient (Wildman–Crippen LogP) is 0.0894. The van der Waals surface area contributed by atoms with Gasteiger partial charge in [0.1, 0.15) is 0 Å². The lowest BCUT2D eigenvalue weighted by atomic mass is 10.0. The fraction of sp³-hybridized carbons (Fsp3) is 0.333. The van der Waals surface area contributed by atoms with Crippen LogP contribution in [0.15, 0.2) is 24.3 Å². The molecule has 7 nitrogen and oxygen atoms in total. The Kier molecular flexibility index (Phi) is 3.98. The van der Waals surface area contributed by atoms with Crippen molar-refractivity contribution in [2.45, 2.75) is 6.04 Å². The van der Waals surface area contributed by atoms with Crippen LogP contribution in [-0.4, -0.2) is 31.2 Å². The Balaban J connectivity index is 2.02. The SMILES string of the molecule is NC(=O)Nc1cccc(NC(=O)C2COCC2N)c1. The van der Waals surface area contributed by atoms with E-state index < -0.39 is 6.03 Å². The fourth-order valence-electron chi connectivity index (χ4n) is 1.89. The molecule has 2 atom stereocenters. The van der Waals surface area contributed by atoms with Crippen LogP contribution in [0.2, 0.25) is 0 Å². The monoisotopic (exact) mass is 264 g/mol. The number of nitrogens with two attached hydrogens (primary N) is 2. The number of primary amides is 1. The number of carbonyl (C=O) groups is 2. The van der Waals surface area contributed by atoms with Crippen LogP contribution < -0.4 is 22.1 Å². The lowest BCUT2D eigenvalue weighted by Gasteiger charge is -2.14. The van der Waals surface area contributed by atoms with Gasteiger partial charge in [-0.05, 0) is 18.2 Å². The Morgan fingerprint density at radius 1 is 1.21 bits per heavy atom. The second-order valence-corrected chi connectivity index (χ2v) is 4.37. The molecule has 0 radical (unpaired) electrons. The molecule has 0 bridgehead atoms. The molecule has 1 aromatic rings. The molecule has 7 heteroatoms. The van der Waals surface area contributed by atoms with Gasteiger partial charge in [-0.1, -0.05) is 6.07 Å². The molecule has 0 aliphatic carbocycles. The van der Waals surface area contributed by atoms with Crippen LogP contribution in [0.1, 0.15) is 0 Å². The minimum absolute atomic E-state index is 0.193. The van der Waals surface area contributed by atoms with Crippen LogP contribution in [0, 0.1) is 5.92 Å². The zero-order valence-electron chi connectivity index (χ0n) is 10.3. The third-order valence-electron chi connectivity index (χ3n) is 2.86. The molecule has 0 aromatic heterocycles. The van der Waals surface area contributed by atoms with Gasteiger partial charge in [0.05, 0.1) is 19.1 Å². The molecule has 0 saturated carbocycles. The predicted molar refractivity (Wildman–Crippen MR) is 70.6 cm³/mol. The summed E-state index contributed by atoms with van der Waals surface area (Å²) in [5.74, 6) is -0.547. The Morgan fingerprint density at radius 2 is 1.89 bits per heavy atom. The molecule has 19 heavy (non-hydrogen) atoms. The van der Waals surface area contributed by atoms with Crippen molar-refractivity contribution in [2.75, 3.05) is 23.8 Å². The number of rotatable bonds is 3. The second-order valence-electron chi connectivity index (χ2n) is 4.37. The fourth-order valence-corrected chi connectivity index (χ4v) is 1.89. The first kappa shape index (κ1) is 13.3. The molecule has 1 fully saturated rings. The van der Waals surface area contributed by atoms with Gasteiger partial charge in [-0.3, -0.25) is 4.79 Å². The van der Waals surface area contributed by atoms with Crippen molar-refractivity contribution in [3.63, 3.8) is 0 Å². The summed E-state index contributed by atoms with van der Waals surface area (Å²) in [6.07, 6.45) is 0. The summed E-state index contributed by atoms with van der Waals surface area (Å²) in [6, 6.07) is 5.76. The molecule has 1 heterocycles. The molecule has 1 aliphatic rings. The summed E-state index contributed by atoms with van der Waals surface area (Å²) >= 11 is 0. The summed E-state index contributed by atoms with van der Waals surface area (Å²) < 4.78 is 5.15. The van der Waals surface area contributed by atoms with E-state index in [1.54, 1.807) is 24.3 Å². The van der Waals surface area contributed by atoms with Crippen molar-refractivity contribution >= 4 is 23.3 Å². The molecule has 2 rings (SSSR count). The first-order chi connectivity index (χ1) is 9.06. The van der Waals surface area contributed by atoms with Crippen molar-refractivity contribution < 1.29 is 14.3 Å². The van der Waals surface area contributed by atoms with Crippen LogP contribution in [0.4, 0.5) is 16.2 Å². The third kappa shape index (κ3) is 3.43. The van der Waals surface area contributed by atoms with Gasteiger partial charge in [0.25, 0.3) is 0 Å². The number of ether oxygens (including phenoxy) is 1. The van der Waals surface area contributed by atoms with Gasteiger partial charge in [-0.25, -0.2) is 4.79 Å². The topological polar surface area (TPSA) is 119 Å². The first-order valence-electron chi connectivity index (χ1n) is 5.87. The maximum Gasteiger partial charge on any atom is 0.316 e. The number of carbonyl (C=O) groups excluding carboxylic acids is 2. The summed E-state index contributed by atoms with van der Waals surface area (Å²) in [5, 5.41) is 5.17. The van der Waals surface area contributed by atoms with Gasteiger partial charge < -0.3 is 26.8 Å². The maximum atomic E-state index is 12.0. The smallest absolute Gasteiger partial charge is 0.316 e. The van der Waals surface area contributed by atoms with Crippen LogP contribution >= 0.6 is 0 Å². The Labute approximate surface area is 110 Å². The number of amides is 3. The van der Waals surface area contributed by atoms with Crippen LogP contribution in [-0.2, 0) is 9.53 Å². The van der Waals surface area contributed by atoms with E-state index in [4.69, 9.17) is 16.2 Å². The van der Waals surface area contributed by atoms with Crippen molar-refractivity contribution in [1.29, 1.82) is 0 Å². The van der Waals surface area contributed by atoms with Crippen LogP contribution in [0.5, 0.6) is 0 Å². The molecule has 1 aliphatic heterocycles. The summed E-state index contributed by atoms with van der Waals surface area (Å²) in [7, 11) is 0. The normalized spacial score (nSPS) is 21.9. The van der Waals surface area contributed by atoms with Gasteiger partial charge in [-0.15, -0.1) is 0 Å². The van der Waals surface area contributed by atoms with Gasteiger partial charge in [0.15, 0.2) is 0 Å². The largest absolute Gasteiger partial charge is 0.379 e. The summed E-state index contributed by atoms with van der Waals surface area (Å²) in [5.41, 5.74) is 11.9. The average molecular weight is 264 g/mol. The molecule has 0 spiro atoms. The van der Waals surface area contributed by atoms with Gasteiger partial charge in [0, 0.05) is 17.4 Å². The van der Waals surface area contributed by atoms with E-state index >= 15 is 0 Å². The van der Waals surface area contributed by atoms with E-state index in [2.05, 4.69) is 10.6 Å². The molecular weight excluding hydrogens is 248 g/mol. The van der Waals surface area contributed by atoms with Crippen molar-refractivity contribution in [2.24, 2.45) is 17.4 Å². The van der Waals surface area contributed by atoms with Gasteiger partial charge >= 0.3 is 6.03 Å². The van der Waals surface area contributed by atoms with Crippen molar-refractivity contribution in [3.05, 3.63) is 24.3 Å². The van der Waals surface area contributed by atoms with Crippen molar-refractivity contribution in [1.82, 2.24) is 0 Å². The van der Waals surface area contributed by atoms with Crippen LogP contribution in [0.3, 0.4) is 0 Å². The first-order valence-corrected chi connectivity index (χ1v) is 5.87. The maximum absolute atomic E-state index is 12.0. The number of hydrogen-bond acceptors (Lipinski definition) is 4. The molecule has 2 unspecified atom stereocenters. The third-order valence-corrected chi connectivity index (χ3v) is 2.86. The highest BCUT2D eigenvalue weighted by molar-refractivity contribution is 5.94. The number of urea groups is 1. The minimum Gasteiger partial charge on any atom is -0.379 e. The number of hydrogen-bond donors (Lipinski definition) is 4. The Hall–Kier alpha value is -2.12. The van der Waals surface area contributed by atoms with Gasteiger partial charge in [-0.2, -0.15) is 0 Å². The quantitative estimate of drug-likeness (QED) is 0.618. The highest BCUT2D eigenvalue weighted by Gasteiger charge is 2.31. The standard InChI is InChI=1S/C12H16N4O3/c13-10-6-19-5-9(10)11(17)15-7-2-1-3-8(4-7)16-12(14)18/h1-4,9-10H,5-6,13H2,(H,15,17)(H3,14,16,18). The van der Waals surface area contributed by atoms with Crippen molar-refractivity contribution in [3.8, 4) is 0 Å². The summed E-state index contributed by atoms with van der Waals surface area (Å²) in [6.45, 7) is 0.716. The molecular formula is C12H16N4O3. The lowest BCUT2D eigenvalue weighted by molar-refractivity contribution is -0.120. The number of nitrogens with one attached hydrogen (secondary N) is 2. The second kappa shape index (κ2) is 5.68. The molecule has 1 saturated heterocycles. The van der Waals surface area contributed by atoms with E-state index in [1.165, 1.54) is 0 Å². The van der Waals surface area contributed by atoms with E-state index in [0.717, 1.165) is 0 Å². The van der Waals surface area contributed by atoms with E-state index in [-0.39, 0.29) is 17.9 Å². The van der Waals surface area contributed by atoms with E-state index in [0.29, 0.717) is 24.6 Å². The highest BCUT2D eigenvalue weighted by atomic mass is 16.5. The highest BCUT2D eigenvalue weighted by Crippen LogP contribution is 2.18. The zero-order valence-corrected chi connectivity index (χ0v) is 10.3. The molecule has 102 valence electrons. The number of benzene rings is 1. The molecule has 6 N–H and O–H groups in total. The van der Waals surface area contributed by atoms with E-state index in [9.17, 15) is 9.59 Å². The minimum atomic E-state index is -0.658. The van der Waals surface area contributed by atoms with Crippen LogP contribution in [0.25, 0.3) is 0 Å². The average Bonchev–Trinajstić information content (AvgIpc) is 2.75. The molecule has 1 aromatic carbocycles. The zero-order chi connectivity index (χ0) is 13.8. The Bertz CT molecular complexity index is 492. The number of anilines is 2. The van der Waals surface area contributed by atoms with Gasteiger partial charge in [0.2, 0.25) is 5.91 Å².